The Morgan fingerprint density at radius 2 is 2.32 bits per heavy atom. The third kappa shape index (κ3) is 3.53. The van der Waals surface area contributed by atoms with Gasteiger partial charge in [0, 0.05) is 44.4 Å². The normalized spacial score (nSPS) is 18.4. The van der Waals surface area contributed by atoms with Crippen molar-refractivity contribution in [2.24, 2.45) is 5.92 Å². The quantitative estimate of drug-likeness (QED) is 0.868. The molecule has 5 heteroatoms. The highest BCUT2D eigenvalue weighted by atomic mass is 16.2. The molecule has 1 fully saturated rings. The lowest BCUT2D eigenvalue weighted by atomic mass is 9.97. The van der Waals surface area contributed by atoms with Crippen molar-refractivity contribution in [1.82, 2.24) is 19.4 Å². The highest BCUT2D eigenvalue weighted by Crippen LogP contribution is 2.19. The molecule has 1 aliphatic rings. The van der Waals surface area contributed by atoms with Gasteiger partial charge >= 0.3 is 0 Å². The summed E-state index contributed by atoms with van der Waals surface area (Å²) in [6.07, 6.45) is 10.1. The fraction of sp³-hybridized carbons (Fsp3) is 0.471. The van der Waals surface area contributed by atoms with E-state index in [4.69, 9.17) is 0 Å². The van der Waals surface area contributed by atoms with Crippen molar-refractivity contribution in [3.8, 4) is 0 Å². The molecule has 3 heterocycles. The number of aryl methyl sites for hydroxylation is 1. The van der Waals surface area contributed by atoms with Crippen molar-refractivity contribution in [3.63, 3.8) is 0 Å². The summed E-state index contributed by atoms with van der Waals surface area (Å²) in [4.78, 5) is 22.8. The molecule has 0 unspecified atom stereocenters. The van der Waals surface area contributed by atoms with Gasteiger partial charge in [0.1, 0.15) is 5.82 Å². The molecule has 1 saturated heterocycles. The number of rotatable bonds is 4. The Labute approximate surface area is 131 Å². The molecule has 0 radical (unpaired) electrons. The SMILES string of the molecule is Cc1nccn1C[C@@H]1CCCN(C(=O)Cc2cccnc2)C1. The van der Waals surface area contributed by atoms with Crippen molar-refractivity contribution in [3.05, 3.63) is 48.3 Å². The largest absolute Gasteiger partial charge is 0.342 e. The first-order valence-corrected chi connectivity index (χ1v) is 7.87. The van der Waals surface area contributed by atoms with Crippen LogP contribution in [-0.4, -0.2) is 38.4 Å². The van der Waals surface area contributed by atoms with Crippen LogP contribution in [0.1, 0.15) is 24.2 Å². The third-order valence-corrected chi connectivity index (χ3v) is 4.33. The predicted octanol–water partition coefficient (Wildman–Crippen LogP) is 2.07. The molecule has 0 spiro atoms. The first-order chi connectivity index (χ1) is 10.7. The maximum Gasteiger partial charge on any atom is 0.227 e. The number of hydrogen-bond donors (Lipinski definition) is 0. The highest BCUT2D eigenvalue weighted by Gasteiger charge is 2.24. The second-order valence-electron chi connectivity index (χ2n) is 6.01. The molecule has 5 nitrogen and oxygen atoms in total. The van der Waals surface area contributed by atoms with Gasteiger partial charge in [-0.3, -0.25) is 9.78 Å². The summed E-state index contributed by atoms with van der Waals surface area (Å²) in [6.45, 7) is 4.69. The number of likely N-dealkylation sites (tertiary alicyclic amines) is 1. The Morgan fingerprint density at radius 1 is 1.41 bits per heavy atom. The summed E-state index contributed by atoms with van der Waals surface area (Å²) in [5.41, 5.74) is 0.986. The second-order valence-corrected chi connectivity index (χ2v) is 6.01. The molecule has 22 heavy (non-hydrogen) atoms. The van der Waals surface area contributed by atoms with E-state index >= 15 is 0 Å². The molecular formula is C17H22N4O. The molecule has 0 bridgehead atoms. The average molecular weight is 298 g/mol. The smallest absolute Gasteiger partial charge is 0.227 e. The van der Waals surface area contributed by atoms with E-state index in [1.165, 1.54) is 6.42 Å². The Balaban J connectivity index is 1.58. The van der Waals surface area contributed by atoms with Gasteiger partial charge in [-0.15, -0.1) is 0 Å². The van der Waals surface area contributed by atoms with Crippen LogP contribution in [0.2, 0.25) is 0 Å². The summed E-state index contributed by atoms with van der Waals surface area (Å²) in [6, 6.07) is 3.84. The van der Waals surface area contributed by atoms with Crippen LogP contribution in [0, 0.1) is 12.8 Å². The molecule has 1 aliphatic heterocycles. The summed E-state index contributed by atoms with van der Waals surface area (Å²) >= 11 is 0. The van der Waals surface area contributed by atoms with Gasteiger partial charge in [-0.2, -0.15) is 0 Å². The maximum atomic E-state index is 12.5. The van der Waals surface area contributed by atoms with Gasteiger partial charge in [0.05, 0.1) is 6.42 Å². The fourth-order valence-corrected chi connectivity index (χ4v) is 3.10. The van der Waals surface area contributed by atoms with Crippen molar-refractivity contribution in [1.29, 1.82) is 0 Å². The van der Waals surface area contributed by atoms with Gasteiger partial charge in [-0.1, -0.05) is 6.07 Å². The molecule has 2 aromatic rings. The van der Waals surface area contributed by atoms with Gasteiger partial charge in [0.15, 0.2) is 0 Å². The second kappa shape index (κ2) is 6.73. The van der Waals surface area contributed by atoms with E-state index in [2.05, 4.69) is 14.5 Å². The average Bonchev–Trinajstić information content (AvgIpc) is 2.94. The van der Waals surface area contributed by atoms with Crippen molar-refractivity contribution >= 4 is 5.91 Å². The zero-order valence-corrected chi connectivity index (χ0v) is 13.0. The summed E-state index contributed by atoms with van der Waals surface area (Å²) in [5.74, 6) is 1.76. The molecule has 1 atom stereocenters. The molecular weight excluding hydrogens is 276 g/mol. The van der Waals surface area contributed by atoms with Crippen LogP contribution in [0.15, 0.2) is 36.9 Å². The number of carbonyl (C=O) groups excluding carboxylic acids is 1. The molecule has 0 saturated carbocycles. The first kappa shape index (κ1) is 14.8. The van der Waals surface area contributed by atoms with Gasteiger partial charge in [0.2, 0.25) is 5.91 Å². The summed E-state index contributed by atoms with van der Waals surface area (Å²) in [7, 11) is 0. The number of aromatic nitrogens is 3. The Hall–Kier alpha value is -2.17. The number of pyridine rings is 1. The minimum absolute atomic E-state index is 0.208. The van der Waals surface area contributed by atoms with Crippen LogP contribution < -0.4 is 0 Å². The van der Waals surface area contributed by atoms with Crippen LogP contribution in [0.4, 0.5) is 0 Å². The van der Waals surface area contributed by atoms with Crippen LogP contribution in [0.3, 0.4) is 0 Å². The van der Waals surface area contributed by atoms with Gasteiger partial charge < -0.3 is 9.47 Å². The predicted molar refractivity (Wildman–Crippen MR) is 84.2 cm³/mol. The van der Waals surface area contributed by atoms with E-state index in [1.54, 1.807) is 12.4 Å². The lowest BCUT2D eigenvalue weighted by Gasteiger charge is -2.33. The number of piperidine rings is 1. The minimum atomic E-state index is 0.208. The molecule has 2 aromatic heterocycles. The number of nitrogens with zero attached hydrogens (tertiary/aromatic N) is 4. The Morgan fingerprint density at radius 3 is 3.05 bits per heavy atom. The van der Waals surface area contributed by atoms with Gasteiger partial charge in [0.25, 0.3) is 0 Å². The molecule has 0 N–H and O–H groups in total. The fourth-order valence-electron chi connectivity index (χ4n) is 3.10. The van der Waals surface area contributed by atoms with Crippen LogP contribution >= 0.6 is 0 Å². The molecule has 0 aliphatic carbocycles. The van der Waals surface area contributed by atoms with Crippen LogP contribution in [-0.2, 0) is 17.8 Å². The Kier molecular flexibility index (Phi) is 4.51. The molecule has 0 aromatic carbocycles. The zero-order chi connectivity index (χ0) is 15.4. The van der Waals surface area contributed by atoms with Crippen LogP contribution in [0.25, 0.3) is 0 Å². The van der Waals surface area contributed by atoms with Gasteiger partial charge in [-0.05, 0) is 37.3 Å². The lowest BCUT2D eigenvalue weighted by Crippen LogP contribution is -2.41. The summed E-state index contributed by atoms with van der Waals surface area (Å²) < 4.78 is 2.18. The molecule has 3 rings (SSSR count). The minimum Gasteiger partial charge on any atom is -0.342 e. The standard InChI is InChI=1S/C17H22N4O/c1-14-19-7-9-20(14)12-16-5-3-8-21(13-16)17(22)10-15-4-2-6-18-11-15/h2,4,6-7,9,11,16H,3,5,8,10,12-13H2,1H3/t16-/m0/s1. The van der Waals surface area contributed by atoms with Crippen molar-refractivity contribution in [2.45, 2.75) is 32.7 Å². The van der Waals surface area contributed by atoms with E-state index in [9.17, 15) is 4.79 Å². The van der Waals surface area contributed by atoms with E-state index in [-0.39, 0.29) is 5.91 Å². The Bertz CT molecular complexity index is 623. The van der Waals surface area contributed by atoms with Crippen molar-refractivity contribution < 1.29 is 4.79 Å². The van der Waals surface area contributed by atoms with E-state index in [0.717, 1.165) is 37.4 Å². The number of amides is 1. The highest BCUT2D eigenvalue weighted by molar-refractivity contribution is 5.78. The van der Waals surface area contributed by atoms with Crippen LogP contribution in [0.5, 0.6) is 0 Å². The third-order valence-electron chi connectivity index (χ3n) is 4.33. The zero-order valence-electron chi connectivity index (χ0n) is 13.0. The van der Waals surface area contributed by atoms with E-state index < -0.39 is 0 Å². The first-order valence-electron chi connectivity index (χ1n) is 7.87. The molecule has 116 valence electrons. The lowest BCUT2D eigenvalue weighted by molar-refractivity contribution is -0.132. The topological polar surface area (TPSA) is 51.0 Å². The number of carbonyl (C=O) groups is 1. The maximum absolute atomic E-state index is 12.5. The van der Waals surface area contributed by atoms with Gasteiger partial charge in [-0.25, -0.2) is 4.98 Å². The monoisotopic (exact) mass is 298 g/mol. The number of imidazole rings is 1. The number of hydrogen-bond acceptors (Lipinski definition) is 3. The molecule has 1 amide bonds. The van der Waals surface area contributed by atoms with E-state index in [0.29, 0.717) is 12.3 Å². The van der Waals surface area contributed by atoms with Crippen molar-refractivity contribution in [2.75, 3.05) is 13.1 Å². The summed E-state index contributed by atoms with van der Waals surface area (Å²) in [5, 5.41) is 0. The van der Waals surface area contributed by atoms with E-state index in [1.807, 2.05) is 36.4 Å².